The predicted molar refractivity (Wildman–Crippen MR) is 69.2 cm³/mol. The summed E-state index contributed by atoms with van der Waals surface area (Å²) in [5, 5.41) is 24.8. The van der Waals surface area contributed by atoms with E-state index in [0.29, 0.717) is 6.61 Å². The van der Waals surface area contributed by atoms with E-state index in [4.69, 9.17) is 24.8 Å². The summed E-state index contributed by atoms with van der Waals surface area (Å²) in [7, 11) is 1.33. The molecule has 8 heteroatoms. The minimum atomic E-state index is -0.877. The summed E-state index contributed by atoms with van der Waals surface area (Å²) < 4.78 is 13.9. The van der Waals surface area contributed by atoms with Crippen LogP contribution in [0.3, 0.4) is 0 Å². The van der Waals surface area contributed by atoms with Crippen molar-refractivity contribution in [2.24, 2.45) is 5.92 Å². The molecular weight excluding hydrogens is 272 g/mol. The molecule has 0 aromatic rings. The van der Waals surface area contributed by atoms with Gasteiger partial charge in [-0.3, -0.25) is 9.59 Å². The Labute approximate surface area is 118 Å². The van der Waals surface area contributed by atoms with Crippen molar-refractivity contribution in [1.82, 2.24) is 0 Å². The van der Waals surface area contributed by atoms with Gasteiger partial charge in [0.25, 0.3) is 0 Å². The lowest BCUT2D eigenvalue weighted by Crippen LogP contribution is -2.17. The van der Waals surface area contributed by atoms with Gasteiger partial charge in [-0.15, -0.1) is 0 Å². The molecule has 0 aromatic heterocycles. The van der Waals surface area contributed by atoms with E-state index in [1.807, 2.05) is 0 Å². The largest absolute Gasteiger partial charge is 0.481 e. The van der Waals surface area contributed by atoms with Crippen molar-refractivity contribution >= 4 is 11.9 Å². The Hall–Kier alpha value is -1.22. The Kier molecular flexibility index (Phi) is 16.7. The van der Waals surface area contributed by atoms with Gasteiger partial charge in [0.15, 0.2) is 0 Å². The molecule has 0 bridgehead atoms. The molecule has 0 aliphatic rings. The van der Waals surface area contributed by atoms with Crippen LogP contribution in [0.1, 0.15) is 13.3 Å². The molecule has 0 saturated heterocycles. The number of rotatable bonds is 10. The molecule has 120 valence electrons. The highest BCUT2D eigenvalue weighted by Gasteiger charge is 2.09. The van der Waals surface area contributed by atoms with Crippen molar-refractivity contribution in [3.8, 4) is 0 Å². The molecule has 20 heavy (non-hydrogen) atoms. The number of aliphatic hydroxyl groups excluding tert-OH is 2. The Morgan fingerprint density at radius 1 is 1.05 bits per heavy atom. The summed E-state index contributed by atoms with van der Waals surface area (Å²) in [5.41, 5.74) is 0. The first kappa shape index (κ1) is 21.1. The Balaban J connectivity index is 0. The third-order valence-corrected chi connectivity index (χ3v) is 1.94. The standard InChI is InChI=1S/2C6H12O4/c1-9-6(8)2-4-10-5-3-7;1-5(6(8)9)4-10-3-2-7/h7H,2-5H2,1H3;5,7H,2-4H2,1H3,(H,8,9). The van der Waals surface area contributed by atoms with Crippen molar-refractivity contribution in [3.63, 3.8) is 0 Å². The lowest BCUT2D eigenvalue weighted by Gasteiger charge is -2.04. The van der Waals surface area contributed by atoms with Crippen LogP contribution in [0.2, 0.25) is 0 Å². The number of carboxylic acids is 1. The quantitative estimate of drug-likeness (QED) is 0.356. The van der Waals surface area contributed by atoms with Crippen molar-refractivity contribution in [3.05, 3.63) is 0 Å². The molecule has 0 aromatic carbocycles. The van der Waals surface area contributed by atoms with Gasteiger partial charge in [-0.05, 0) is 6.92 Å². The van der Waals surface area contributed by atoms with Crippen LogP contribution in [0.15, 0.2) is 0 Å². The molecule has 0 amide bonds. The molecule has 0 fully saturated rings. The number of hydrogen-bond acceptors (Lipinski definition) is 7. The SMILES string of the molecule is CC(COCCO)C(=O)O.COC(=O)CCOCCO. The summed E-state index contributed by atoms with van der Waals surface area (Å²) >= 11 is 0. The van der Waals surface area contributed by atoms with Gasteiger partial charge in [0.05, 0.1) is 59.1 Å². The number of aliphatic carboxylic acids is 1. The van der Waals surface area contributed by atoms with E-state index in [9.17, 15) is 9.59 Å². The normalized spacial score (nSPS) is 11.2. The van der Waals surface area contributed by atoms with Gasteiger partial charge in [0.1, 0.15) is 0 Å². The average molecular weight is 296 g/mol. The Bertz CT molecular complexity index is 242. The zero-order chi connectivity index (χ0) is 15.8. The van der Waals surface area contributed by atoms with Gasteiger partial charge in [-0.25, -0.2) is 0 Å². The van der Waals surface area contributed by atoms with E-state index in [2.05, 4.69) is 4.74 Å². The molecule has 0 aliphatic heterocycles. The molecule has 0 saturated carbocycles. The fraction of sp³-hybridized carbons (Fsp3) is 0.833. The third-order valence-electron chi connectivity index (χ3n) is 1.94. The van der Waals surface area contributed by atoms with Gasteiger partial charge in [-0.1, -0.05) is 0 Å². The van der Waals surface area contributed by atoms with Crippen molar-refractivity contribution in [2.75, 3.05) is 46.8 Å². The van der Waals surface area contributed by atoms with Crippen LogP contribution in [0.25, 0.3) is 0 Å². The van der Waals surface area contributed by atoms with Gasteiger partial charge in [0, 0.05) is 0 Å². The number of aliphatic hydroxyl groups is 2. The van der Waals surface area contributed by atoms with Crippen LogP contribution in [-0.2, 0) is 23.8 Å². The van der Waals surface area contributed by atoms with E-state index in [0.717, 1.165) is 0 Å². The maximum Gasteiger partial charge on any atom is 0.308 e. The Morgan fingerprint density at radius 2 is 1.60 bits per heavy atom. The van der Waals surface area contributed by atoms with E-state index in [1.54, 1.807) is 6.92 Å². The fourth-order valence-corrected chi connectivity index (χ4v) is 0.820. The monoisotopic (exact) mass is 296 g/mol. The van der Waals surface area contributed by atoms with E-state index >= 15 is 0 Å². The lowest BCUT2D eigenvalue weighted by molar-refractivity contribution is -0.143. The van der Waals surface area contributed by atoms with Crippen LogP contribution >= 0.6 is 0 Å². The molecule has 1 atom stereocenters. The van der Waals surface area contributed by atoms with Crippen LogP contribution in [-0.4, -0.2) is 74.0 Å². The van der Waals surface area contributed by atoms with E-state index < -0.39 is 11.9 Å². The predicted octanol–water partition coefficient (Wildman–Crippen LogP) is -0.726. The number of esters is 1. The highest BCUT2D eigenvalue weighted by atomic mass is 16.5. The maximum atomic E-state index is 10.4. The van der Waals surface area contributed by atoms with Crippen LogP contribution < -0.4 is 0 Å². The number of carboxylic acid groups (broad SMARTS) is 1. The minimum Gasteiger partial charge on any atom is -0.481 e. The summed E-state index contributed by atoms with van der Waals surface area (Å²) in [5.74, 6) is -1.66. The second kappa shape index (κ2) is 15.8. The summed E-state index contributed by atoms with van der Waals surface area (Å²) in [6, 6.07) is 0. The van der Waals surface area contributed by atoms with Gasteiger partial charge in [0.2, 0.25) is 0 Å². The molecular formula is C12H24O8. The lowest BCUT2D eigenvalue weighted by atomic mass is 10.2. The van der Waals surface area contributed by atoms with Crippen LogP contribution in [0.5, 0.6) is 0 Å². The fourth-order valence-electron chi connectivity index (χ4n) is 0.820. The molecule has 3 N–H and O–H groups in total. The average Bonchev–Trinajstić information content (AvgIpc) is 2.44. The zero-order valence-electron chi connectivity index (χ0n) is 11.9. The van der Waals surface area contributed by atoms with Crippen LogP contribution in [0.4, 0.5) is 0 Å². The topological polar surface area (TPSA) is 123 Å². The van der Waals surface area contributed by atoms with E-state index in [-0.39, 0.29) is 45.4 Å². The number of carbonyl (C=O) groups excluding carboxylic acids is 1. The Morgan fingerprint density at radius 3 is 2.05 bits per heavy atom. The first-order chi connectivity index (χ1) is 9.49. The summed E-state index contributed by atoms with van der Waals surface area (Å²) in [6.45, 7) is 2.44. The van der Waals surface area contributed by atoms with Crippen LogP contribution in [0, 0.1) is 5.92 Å². The molecule has 1 unspecified atom stereocenters. The summed E-state index contributed by atoms with van der Waals surface area (Å²) in [6.07, 6.45) is 0.247. The van der Waals surface area contributed by atoms with Crippen molar-refractivity contribution < 1.29 is 39.1 Å². The van der Waals surface area contributed by atoms with Crippen molar-refractivity contribution in [2.45, 2.75) is 13.3 Å². The highest BCUT2D eigenvalue weighted by molar-refractivity contribution is 5.69. The number of hydrogen-bond donors (Lipinski definition) is 3. The molecule has 0 heterocycles. The van der Waals surface area contributed by atoms with Gasteiger partial charge in [-0.2, -0.15) is 0 Å². The highest BCUT2D eigenvalue weighted by Crippen LogP contribution is 1.94. The molecule has 0 radical (unpaired) electrons. The first-order valence-corrected chi connectivity index (χ1v) is 6.16. The van der Waals surface area contributed by atoms with Gasteiger partial charge >= 0.3 is 11.9 Å². The zero-order valence-corrected chi connectivity index (χ0v) is 11.9. The second-order valence-corrected chi connectivity index (χ2v) is 3.70. The number of methoxy groups -OCH3 is 1. The van der Waals surface area contributed by atoms with E-state index in [1.165, 1.54) is 7.11 Å². The maximum absolute atomic E-state index is 10.4. The number of carbonyl (C=O) groups is 2. The molecule has 0 spiro atoms. The molecule has 8 nitrogen and oxygen atoms in total. The summed E-state index contributed by atoms with van der Waals surface area (Å²) in [4.78, 5) is 20.6. The third kappa shape index (κ3) is 16.8. The minimum absolute atomic E-state index is 0.0127. The van der Waals surface area contributed by atoms with Gasteiger partial charge < -0.3 is 29.5 Å². The second-order valence-electron chi connectivity index (χ2n) is 3.70. The smallest absolute Gasteiger partial charge is 0.308 e. The molecule has 0 aliphatic carbocycles. The number of ether oxygens (including phenoxy) is 3. The molecule has 0 rings (SSSR count). The van der Waals surface area contributed by atoms with Crippen molar-refractivity contribution in [1.29, 1.82) is 0 Å². The first-order valence-electron chi connectivity index (χ1n) is 6.16.